The molecule has 4 rings (SSSR count). The third-order valence-electron chi connectivity index (χ3n) is 4.34. The molecule has 0 aliphatic heterocycles. The Labute approximate surface area is 174 Å². The molecule has 4 aromatic rings. The SMILES string of the molecule is O=C(Nc1nc(-c2ccc(F)cc2)c(-c2ccccc2)s1)c1ccc([N+](=O)[O-])cc1. The molecule has 0 spiro atoms. The van der Waals surface area contributed by atoms with Gasteiger partial charge in [-0.2, -0.15) is 0 Å². The molecule has 30 heavy (non-hydrogen) atoms. The quantitative estimate of drug-likeness (QED) is 0.328. The molecule has 0 saturated carbocycles. The van der Waals surface area contributed by atoms with Crippen molar-refractivity contribution in [3.63, 3.8) is 0 Å². The van der Waals surface area contributed by atoms with E-state index in [0.29, 0.717) is 10.8 Å². The first-order valence-electron chi connectivity index (χ1n) is 8.89. The van der Waals surface area contributed by atoms with Crippen molar-refractivity contribution in [2.45, 2.75) is 0 Å². The van der Waals surface area contributed by atoms with Gasteiger partial charge in [0.25, 0.3) is 11.6 Å². The van der Waals surface area contributed by atoms with E-state index in [0.717, 1.165) is 16.0 Å². The number of benzene rings is 3. The second-order valence-electron chi connectivity index (χ2n) is 6.33. The average molecular weight is 419 g/mol. The van der Waals surface area contributed by atoms with E-state index in [2.05, 4.69) is 10.3 Å². The number of halogens is 1. The summed E-state index contributed by atoms with van der Waals surface area (Å²) in [6.07, 6.45) is 0. The Hall–Kier alpha value is -3.91. The minimum absolute atomic E-state index is 0.0919. The first-order valence-corrected chi connectivity index (χ1v) is 9.71. The highest BCUT2D eigenvalue weighted by atomic mass is 32.1. The number of nitrogens with one attached hydrogen (secondary N) is 1. The fourth-order valence-corrected chi connectivity index (χ4v) is 3.85. The van der Waals surface area contributed by atoms with Gasteiger partial charge in [0, 0.05) is 23.3 Å². The summed E-state index contributed by atoms with van der Waals surface area (Å²) < 4.78 is 13.4. The molecule has 3 aromatic carbocycles. The minimum atomic E-state index is -0.524. The van der Waals surface area contributed by atoms with Crippen molar-refractivity contribution in [3.8, 4) is 21.7 Å². The van der Waals surface area contributed by atoms with Crippen molar-refractivity contribution in [2.24, 2.45) is 0 Å². The number of aromatic nitrogens is 1. The molecule has 6 nitrogen and oxygen atoms in total. The summed E-state index contributed by atoms with van der Waals surface area (Å²) in [6, 6.07) is 20.9. The van der Waals surface area contributed by atoms with Gasteiger partial charge in [-0.15, -0.1) is 0 Å². The lowest BCUT2D eigenvalue weighted by Gasteiger charge is -2.02. The molecular formula is C22H14FN3O3S. The zero-order chi connectivity index (χ0) is 21.1. The summed E-state index contributed by atoms with van der Waals surface area (Å²) in [4.78, 5) is 28.2. The van der Waals surface area contributed by atoms with Crippen LogP contribution in [0.3, 0.4) is 0 Å². The van der Waals surface area contributed by atoms with Gasteiger partial charge in [0.15, 0.2) is 5.13 Å². The predicted molar refractivity (Wildman–Crippen MR) is 114 cm³/mol. The minimum Gasteiger partial charge on any atom is -0.298 e. The van der Waals surface area contributed by atoms with Crippen molar-refractivity contribution in [1.82, 2.24) is 4.98 Å². The molecule has 1 amide bonds. The van der Waals surface area contributed by atoms with Gasteiger partial charge in [-0.25, -0.2) is 9.37 Å². The second kappa shape index (κ2) is 8.22. The van der Waals surface area contributed by atoms with Gasteiger partial charge in [-0.3, -0.25) is 20.2 Å². The molecule has 0 unspecified atom stereocenters. The molecule has 1 heterocycles. The second-order valence-corrected chi connectivity index (χ2v) is 7.33. The van der Waals surface area contributed by atoms with Crippen molar-refractivity contribution in [3.05, 3.63) is 100 Å². The Balaban J connectivity index is 1.67. The third kappa shape index (κ3) is 4.08. The molecule has 0 aliphatic carbocycles. The standard InChI is InChI=1S/C22H14FN3O3S/c23-17-10-6-14(7-11-17)19-20(15-4-2-1-3-5-15)30-22(24-19)25-21(27)16-8-12-18(13-9-16)26(28)29/h1-13H,(H,24,25,27). The summed E-state index contributed by atoms with van der Waals surface area (Å²) in [7, 11) is 0. The van der Waals surface area contributed by atoms with E-state index < -0.39 is 10.8 Å². The molecule has 0 aliphatic rings. The van der Waals surface area contributed by atoms with Crippen LogP contribution >= 0.6 is 11.3 Å². The highest BCUT2D eigenvalue weighted by molar-refractivity contribution is 7.19. The van der Waals surface area contributed by atoms with Crippen LogP contribution < -0.4 is 5.32 Å². The van der Waals surface area contributed by atoms with E-state index in [-0.39, 0.29) is 17.1 Å². The lowest BCUT2D eigenvalue weighted by molar-refractivity contribution is -0.384. The number of nitrogens with zero attached hydrogens (tertiary/aromatic N) is 2. The van der Waals surface area contributed by atoms with E-state index in [1.807, 2.05) is 30.3 Å². The number of carbonyl (C=O) groups is 1. The van der Waals surface area contributed by atoms with Crippen molar-refractivity contribution in [1.29, 1.82) is 0 Å². The third-order valence-corrected chi connectivity index (χ3v) is 5.36. The highest BCUT2D eigenvalue weighted by Crippen LogP contribution is 2.39. The molecule has 1 N–H and O–H groups in total. The summed E-state index contributed by atoms with van der Waals surface area (Å²) in [5.41, 5.74) is 2.46. The number of nitro benzene ring substituents is 1. The molecular weight excluding hydrogens is 405 g/mol. The Bertz CT molecular complexity index is 1210. The van der Waals surface area contributed by atoms with E-state index >= 15 is 0 Å². The number of thiazole rings is 1. The largest absolute Gasteiger partial charge is 0.298 e. The lowest BCUT2D eigenvalue weighted by Crippen LogP contribution is -2.11. The molecule has 1 aromatic heterocycles. The monoisotopic (exact) mass is 419 g/mol. The van der Waals surface area contributed by atoms with Crippen LogP contribution in [0.4, 0.5) is 15.2 Å². The number of carbonyl (C=O) groups excluding carboxylic acids is 1. The van der Waals surface area contributed by atoms with Crippen LogP contribution in [0.2, 0.25) is 0 Å². The highest BCUT2D eigenvalue weighted by Gasteiger charge is 2.17. The maximum absolute atomic E-state index is 13.4. The molecule has 0 bridgehead atoms. The van der Waals surface area contributed by atoms with E-state index in [4.69, 9.17) is 0 Å². The average Bonchev–Trinajstić information content (AvgIpc) is 3.18. The summed E-state index contributed by atoms with van der Waals surface area (Å²) in [6.45, 7) is 0. The van der Waals surface area contributed by atoms with Gasteiger partial charge < -0.3 is 0 Å². The summed E-state index contributed by atoms with van der Waals surface area (Å²) >= 11 is 1.30. The number of nitro groups is 1. The zero-order valence-electron chi connectivity index (χ0n) is 15.4. The number of rotatable bonds is 5. The Morgan fingerprint density at radius 1 is 0.933 bits per heavy atom. The van der Waals surface area contributed by atoms with Crippen molar-refractivity contribution < 1.29 is 14.1 Å². The van der Waals surface area contributed by atoms with Gasteiger partial charge >= 0.3 is 0 Å². The van der Waals surface area contributed by atoms with Crippen molar-refractivity contribution >= 4 is 28.1 Å². The maximum Gasteiger partial charge on any atom is 0.269 e. The van der Waals surface area contributed by atoms with Crippen LogP contribution in [-0.2, 0) is 0 Å². The van der Waals surface area contributed by atoms with Crippen LogP contribution in [0.1, 0.15) is 10.4 Å². The van der Waals surface area contributed by atoms with E-state index in [1.165, 1.54) is 47.7 Å². The van der Waals surface area contributed by atoms with Crippen molar-refractivity contribution in [2.75, 3.05) is 5.32 Å². The van der Waals surface area contributed by atoms with Crippen LogP contribution in [0, 0.1) is 15.9 Å². The van der Waals surface area contributed by atoms with Gasteiger partial charge in [0.1, 0.15) is 5.82 Å². The Kier molecular flexibility index (Phi) is 5.32. The van der Waals surface area contributed by atoms with E-state index in [9.17, 15) is 19.3 Å². The van der Waals surface area contributed by atoms with Gasteiger partial charge in [-0.05, 0) is 42.0 Å². The molecule has 148 valence electrons. The predicted octanol–water partition coefficient (Wildman–Crippen LogP) is 5.78. The zero-order valence-corrected chi connectivity index (χ0v) is 16.2. The Morgan fingerprint density at radius 3 is 2.23 bits per heavy atom. The number of non-ortho nitro benzene ring substituents is 1. The fraction of sp³-hybridized carbons (Fsp3) is 0. The number of hydrogen-bond donors (Lipinski definition) is 1. The Morgan fingerprint density at radius 2 is 1.60 bits per heavy atom. The molecule has 0 radical (unpaired) electrons. The van der Waals surface area contributed by atoms with Gasteiger partial charge in [-0.1, -0.05) is 41.7 Å². The van der Waals surface area contributed by atoms with Crippen LogP contribution in [0.25, 0.3) is 21.7 Å². The topological polar surface area (TPSA) is 85.1 Å². The van der Waals surface area contributed by atoms with Crippen LogP contribution in [-0.4, -0.2) is 15.8 Å². The summed E-state index contributed by atoms with van der Waals surface area (Å²) in [5, 5.41) is 13.9. The first kappa shape index (κ1) is 19.4. The number of anilines is 1. The molecule has 0 atom stereocenters. The van der Waals surface area contributed by atoms with Gasteiger partial charge in [0.2, 0.25) is 0 Å². The molecule has 8 heteroatoms. The number of amides is 1. The first-order chi connectivity index (χ1) is 14.5. The van der Waals surface area contributed by atoms with Crippen LogP contribution in [0.15, 0.2) is 78.9 Å². The maximum atomic E-state index is 13.4. The lowest BCUT2D eigenvalue weighted by atomic mass is 10.1. The van der Waals surface area contributed by atoms with Gasteiger partial charge in [0.05, 0.1) is 15.5 Å². The van der Waals surface area contributed by atoms with E-state index in [1.54, 1.807) is 12.1 Å². The smallest absolute Gasteiger partial charge is 0.269 e. The fourth-order valence-electron chi connectivity index (χ4n) is 2.87. The van der Waals surface area contributed by atoms with Crippen LogP contribution in [0.5, 0.6) is 0 Å². The summed E-state index contributed by atoms with van der Waals surface area (Å²) in [5.74, 6) is -0.772. The molecule has 0 fully saturated rings. The normalized spacial score (nSPS) is 10.6. The number of hydrogen-bond acceptors (Lipinski definition) is 5. The molecule has 0 saturated heterocycles.